The molecule has 1 aromatic carbocycles. The van der Waals surface area contributed by atoms with Gasteiger partial charge in [-0.25, -0.2) is 4.79 Å². The Labute approximate surface area is 110 Å². The van der Waals surface area contributed by atoms with Gasteiger partial charge in [0, 0.05) is 12.1 Å². The average Bonchev–Trinajstić information content (AvgIpc) is 2.84. The summed E-state index contributed by atoms with van der Waals surface area (Å²) in [6.07, 6.45) is 1.39. The van der Waals surface area contributed by atoms with E-state index in [1.54, 1.807) is 0 Å². The van der Waals surface area contributed by atoms with Gasteiger partial charge in [0.05, 0.1) is 0 Å². The van der Waals surface area contributed by atoms with Crippen molar-refractivity contribution in [1.29, 1.82) is 0 Å². The predicted molar refractivity (Wildman–Crippen MR) is 69.3 cm³/mol. The lowest BCUT2D eigenvalue weighted by molar-refractivity contribution is -0.116. The van der Waals surface area contributed by atoms with Crippen LogP contribution < -0.4 is 10.6 Å². The standard InChI is InChI=1S/C13H16N2O4/c16-11-2-1-9(6-10(11)13(18)19)15-12(17)5-8-3-4-14-7-8/h1-2,6,8,14,16H,3-5,7H2,(H,15,17)(H,18,19). The summed E-state index contributed by atoms with van der Waals surface area (Å²) in [6.45, 7) is 1.77. The first-order valence-electron chi connectivity index (χ1n) is 6.13. The Hall–Kier alpha value is -2.08. The van der Waals surface area contributed by atoms with Gasteiger partial charge in [-0.05, 0) is 43.6 Å². The SMILES string of the molecule is O=C(CC1CCNC1)Nc1ccc(O)c(C(=O)O)c1. The van der Waals surface area contributed by atoms with E-state index in [0.717, 1.165) is 19.5 Å². The van der Waals surface area contributed by atoms with E-state index in [4.69, 9.17) is 5.11 Å². The zero-order valence-corrected chi connectivity index (χ0v) is 10.3. The molecule has 6 heteroatoms. The van der Waals surface area contributed by atoms with E-state index >= 15 is 0 Å². The second kappa shape index (κ2) is 5.71. The molecule has 1 amide bonds. The molecule has 6 nitrogen and oxygen atoms in total. The predicted octanol–water partition coefficient (Wildman–Crippen LogP) is 1.03. The van der Waals surface area contributed by atoms with E-state index in [-0.39, 0.29) is 17.2 Å². The number of carbonyl (C=O) groups is 2. The molecule has 1 aliphatic heterocycles. The number of benzene rings is 1. The first-order chi connectivity index (χ1) is 9.06. The minimum absolute atomic E-state index is 0.143. The lowest BCUT2D eigenvalue weighted by Crippen LogP contribution is -2.18. The first-order valence-corrected chi connectivity index (χ1v) is 6.13. The van der Waals surface area contributed by atoms with E-state index in [9.17, 15) is 14.7 Å². The van der Waals surface area contributed by atoms with Crippen molar-refractivity contribution in [3.05, 3.63) is 23.8 Å². The van der Waals surface area contributed by atoms with Crippen LogP contribution in [0.25, 0.3) is 0 Å². The molecular formula is C13H16N2O4. The molecule has 0 aliphatic carbocycles. The molecule has 1 saturated heterocycles. The van der Waals surface area contributed by atoms with Crippen LogP contribution in [-0.2, 0) is 4.79 Å². The van der Waals surface area contributed by atoms with Crippen LogP contribution in [0.1, 0.15) is 23.2 Å². The fourth-order valence-electron chi connectivity index (χ4n) is 2.15. The lowest BCUT2D eigenvalue weighted by Gasteiger charge is -2.10. The minimum Gasteiger partial charge on any atom is -0.507 e. The number of rotatable bonds is 4. The monoisotopic (exact) mass is 264 g/mol. The molecule has 1 aliphatic rings. The number of hydrogen-bond donors (Lipinski definition) is 4. The van der Waals surface area contributed by atoms with Crippen molar-refractivity contribution in [2.75, 3.05) is 18.4 Å². The second-order valence-corrected chi connectivity index (χ2v) is 4.65. The number of hydrogen-bond acceptors (Lipinski definition) is 4. The molecule has 0 radical (unpaired) electrons. The van der Waals surface area contributed by atoms with E-state index in [0.29, 0.717) is 18.0 Å². The molecule has 0 bridgehead atoms. The van der Waals surface area contributed by atoms with Crippen LogP contribution in [0.15, 0.2) is 18.2 Å². The number of phenols is 1. The first kappa shape index (κ1) is 13.4. The Bertz CT molecular complexity index is 495. The number of carbonyl (C=O) groups excluding carboxylic acids is 1. The molecule has 1 atom stereocenters. The molecule has 19 heavy (non-hydrogen) atoms. The average molecular weight is 264 g/mol. The summed E-state index contributed by atoms with van der Waals surface area (Å²) in [4.78, 5) is 22.6. The van der Waals surface area contributed by atoms with Crippen LogP contribution >= 0.6 is 0 Å². The number of carboxylic acids is 1. The number of aromatic carboxylic acids is 1. The summed E-state index contributed by atoms with van der Waals surface area (Å²) in [7, 11) is 0. The maximum atomic E-state index is 11.8. The number of amides is 1. The van der Waals surface area contributed by atoms with Gasteiger partial charge in [-0.15, -0.1) is 0 Å². The van der Waals surface area contributed by atoms with Crippen LogP contribution in [0.5, 0.6) is 5.75 Å². The number of carboxylic acid groups (broad SMARTS) is 1. The van der Waals surface area contributed by atoms with Crippen LogP contribution in [0.2, 0.25) is 0 Å². The highest BCUT2D eigenvalue weighted by molar-refractivity contribution is 5.95. The van der Waals surface area contributed by atoms with Crippen molar-refractivity contribution in [3.63, 3.8) is 0 Å². The molecule has 4 N–H and O–H groups in total. The summed E-state index contributed by atoms with van der Waals surface area (Å²) < 4.78 is 0. The van der Waals surface area contributed by atoms with Gasteiger partial charge >= 0.3 is 5.97 Å². The molecule has 0 aromatic heterocycles. The van der Waals surface area contributed by atoms with E-state index in [1.165, 1.54) is 18.2 Å². The molecule has 1 heterocycles. The highest BCUT2D eigenvalue weighted by atomic mass is 16.4. The zero-order chi connectivity index (χ0) is 13.8. The van der Waals surface area contributed by atoms with Gasteiger partial charge in [0.25, 0.3) is 0 Å². The van der Waals surface area contributed by atoms with Crippen molar-refractivity contribution >= 4 is 17.6 Å². The number of anilines is 1. The third-order valence-electron chi connectivity index (χ3n) is 3.15. The van der Waals surface area contributed by atoms with Crippen molar-refractivity contribution in [2.45, 2.75) is 12.8 Å². The van der Waals surface area contributed by atoms with Crippen molar-refractivity contribution in [2.24, 2.45) is 5.92 Å². The van der Waals surface area contributed by atoms with Gasteiger partial charge in [0.1, 0.15) is 11.3 Å². The van der Waals surface area contributed by atoms with Crippen molar-refractivity contribution in [1.82, 2.24) is 5.32 Å². The van der Waals surface area contributed by atoms with Crippen LogP contribution in [-0.4, -0.2) is 35.2 Å². The summed E-state index contributed by atoms with van der Waals surface area (Å²) in [5.74, 6) is -1.36. The second-order valence-electron chi connectivity index (χ2n) is 4.65. The molecule has 2 rings (SSSR count). The highest BCUT2D eigenvalue weighted by Gasteiger charge is 2.18. The van der Waals surface area contributed by atoms with Crippen LogP contribution in [0.4, 0.5) is 5.69 Å². The Kier molecular flexibility index (Phi) is 4.01. The van der Waals surface area contributed by atoms with Gasteiger partial charge in [-0.3, -0.25) is 4.79 Å². The molecule has 1 unspecified atom stereocenters. The topological polar surface area (TPSA) is 98.7 Å². The number of nitrogens with one attached hydrogen (secondary N) is 2. The number of aromatic hydroxyl groups is 1. The quantitative estimate of drug-likeness (QED) is 0.609. The maximum Gasteiger partial charge on any atom is 0.339 e. The third-order valence-corrected chi connectivity index (χ3v) is 3.15. The zero-order valence-electron chi connectivity index (χ0n) is 10.3. The molecule has 0 spiro atoms. The van der Waals surface area contributed by atoms with Gasteiger partial charge in [-0.1, -0.05) is 0 Å². The van der Waals surface area contributed by atoms with Crippen LogP contribution in [0, 0.1) is 5.92 Å². The van der Waals surface area contributed by atoms with Gasteiger partial charge in [0.15, 0.2) is 0 Å². The fourth-order valence-corrected chi connectivity index (χ4v) is 2.15. The molecular weight excluding hydrogens is 248 g/mol. The van der Waals surface area contributed by atoms with Crippen molar-refractivity contribution in [3.8, 4) is 5.75 Å². The van der Waals surface area contributed by atoms with Gasteiger partial charge < -0.3 is 20.8 Å². The van der Waals surface area contributed by atoms with E-state index < -0.39 is 5.97 Å². The van der Waals surface area contributed by atoms with Gasteiger partial charge in [0.2, 0.25) is 5.91 Å². The maximum absolute atomic E-state index is 11.8. The van der Waals surface area contributed by atoms with E-state index in [2.05, 4.69) is 10.6 Å². The normalized spacial score (nSPS) is 18.2. The Morgan fingerprint density at radius 1 is 1.42 bits per heavy atom. The Morgan fingerprint density at radius 3 is 2.84 bits per heavy atom. The molecule has 1 fully saturated rings. The lowest BCUT2D eigenvalue weighted by atomic mass is 10.0. The Balaban J connectivity index is 2.00. The summed E-state index contributed by atoms with van der Waals surface area (Å²) >= 11 is 0. The molecule has 0 saturated carbocycles. The summed E-state index contributed by atoms with van der Waals surface area (Å²) in [5, 5.41) is 24.1. The van der Waals surface area contributed by atoms with Crippen molar-refractivity contribution < 1.29 is 19.8 Å². The third kappa shape index (κ3) is 3.45. The molecule has 102 valence electrons. The fraction of sp³-hybridized carbons (Fsp3) is 0.385. The molecule has 1 aromatic rings. The summed E-state index contributed by atoms with van der Waals surface area (Å²) in [5.41, 5.74) is 0.159. The van der Waals surface area contributed by atoms with Gasteiger partial charge in [-0.2, -0.15) is 0 Å². The largest absolute Gasteiger partial charge is 0.507 e. The summed E-state index contributed by atoms with van der Waals surface area (Å²) in [6, 6.07) is 3.99. The Morgan fingerprint density at radius 2 is 2.21 bits per heavy atom. The smallest absolute Gasteiger partial charge is 0.339 e. The highest BCUT2D eigenvalue weighted by Crippen LogP contribution is 2.22. The van der Waals surface area contributed by atoms with E-state index in [1.807, 2.05) is 0 Å². The minimum atomic E-state index is -1.23. The van der Waals surface area contributed by atoms with Crippen LogP contribution in [0.3, 0.4) is 0 Å².